The summed E-state index contributed by atoms with van der Waals surface area (Å²) in [4.78, 5) is 18.5. The van der Waals surface area contributed by atoms with Gasteiger partial charge in [-0.15, -0.1) is 23.5 Å². The van der Waals surface area contributed by atoms with E-state index < -0.39 is 0 Å². The molecule has 3 aromatic heterocycles. The minimum absolute atomic E-state index is 0.409. The molecule has 3 aliphatic rings. The van der Waals surface area contributed by atoms with E-state index in [1.54, 1.807) is 0 Å². The van der Waals surface area contributed by atoms with E-state index in [-0.39, 0.29) is 0 Å². The molecule has 0 aromatic carbocycles. The van der Waals surface area contributed by atoms with Crippen molar-refractivity contribution < 1.29 is 0 Å². The Morgan fingerprint density at radius 1 is 0.545 bits per heavy atom. The third kappa shape index (κ3) is 6.92. The molecule has 3 aromatic rings. The molecule has 1 saturated heterocycles. The van der Waals surface area contributed by atoms with Crippen molar-refractivity contribution in [3.05, 3.63) is 69.3 Å². The molecule has 44 heavy (non-hydrogen) atoms. The molecule has 6 rings (SSSR count). The van der Waals surface area contributed by atoms with Crippen molar-refractivity contribution >= 4 is 69.9 Å². The fourth-order valence-corrected chi connectivity index (χ4v) is 9.62. The molecular formula is C38H48N4S2. The highest BCUT2D eigenvalue weighted by Gasteiger charge is 2.23. The predicted molar refractivity (Wildman–Crippen MR) is 196 cm³/mol. The quantitative estimate of drug-likeness (QED) is 0.128. The second-order valence-electron chi connectivity index (χ2n) is 12.3. The Bertz CT molecular complexity index is 1560. The number of thioether (sulfide) groups is 2. The zero-order valence-corrected chi connectivity index (χ0v) is 28.4. The minimum atomic E-state index is 0.409. The van der Waals surface area contributed by atoms with Crippen LogP contribution in [0.15, 0.2) is 24.3 Å². The first-order valence-corrected chi connectivity index (χ1v) is 19.2. The van der Waals surface area contributed by atoms with Crippen molar-refractivity contribution in [3.63, 3.8) is 0 Å². The lowest BCUT2D eigenvalue weighted by Crippen LogP contribution is -1.97. The molecule has 0 spiro atoms. The van der Waals surface area contributed by atoms with Crippen molar-refractivity contribution in [2.75, 3.05) is 11.5 Å². The van der Waals surface area contributed by atoms with Gasteiger partial charge in [0.25, 0.3) is 0 Å². The number of H-pyrrole nitrogens is 2. The van der Waals surface area contributed by atoms with E-state index in [1.807, 2.05) is 0 Å². The number of fused-ring (bicyclic) bond motifs is 8. The van der Waals surface area contributed by atoms with Crippen molar-refractivity contribution in [3.8, 4) is 0 Å². The Labute approximate surface area is 272 Å². The second kappa shape index (κ2) is 15.1. The van der Waals surface area contributed by atoms with Crippen molar-refractivity contribution in [1.82, 2.24) is 19.9 Å². The van der Waals surface area contributed by atoms with Crippen molar-refractivity contribution in [2.24, 2.45) is 0 Å². The van der Waals surface area contributed by atoms with E-state index in [9.17, 15) is 0 Å². The summed E-state index contributed by atoms with van der Waals surface area (Å²) in [6, 6.07) is 9.22. The van der Waals surface area contributed by atoms with E-state index >= 15 is 0 Å². The minimum Gasteiger partial charge on any atom is -0.355 e. The van der Waals surface area contributed by atoms with Crippen LogP contribution in [-0.2, 0) is 19.3 Å². The second-order valence-corrected chi connectivity index (χ2v) is 15.0. The average Bonchev–Trinajstić information content (AvgIpc) is 3.88. The summed E-state index contributed by atoms with van der Waals surface area (Å²) in [5.41, 5.74) is 14.6. The highest BCUT2D eigenvalue weighted by Crippen LogP contribution is 2.47. The largest absolute Gasteiger partial charge is 0.355 e. The van der Waals surface area contributed by atoms with Gasteiger partial charge in [0.15, 0.2) is 0 Å². The van der Waals surface area contributed by atoms with E-state index in [2.05, 4.69) is 103 Å². The predicted octanol–water partition coefficient (Wildman–Crippen LogP) is 11.3. The molecule has 6 heterocycles. The fraction of sp³-hybridized carbons (Fsp3) is 0.474. The number of hydrogen-bond donors (Lipinski definition) is 2. The number of hydrogen-bond acceptors (Lipinski definition) is 4. The van der Waals surface area contributed by atoms with Crippen LogP contribution in [0.5, 0.6) is 0 Å². The third-order valence-corrected chi connectivity index (χ3v) is 12.1. The maximum Gasteiger partial charge on any atom is 0.0792 e. The SMILES string of the molecule is CCCCCc1c2nc(c(CCCCC)c3ccc([nH]3)c(C3SCCS3)c3ccc([nH]3)c(CCCCC)c3nc1C=C3)C=C2. The maximum atomic E-state index is 5.35. The Morgan fingerprint density at radius 2 is 0.932 bits per heavy atom. The molecular weight excluding hydrogens is 577 g/mol. The van der Waals surface area contributed by atoms with Gasteiger partial charge in [-0.3, -0.25) is 0 Å². The lowest BCUT2D eigenvalue weighted by Gasteiger charge is -2.09. The Morgan fingerprint density at radius 3 is 1.36 bits per heavy atom. The van der Waals surface area contributed by atoms with Gasteiger partial charge in [-0.1, -0.05) is 59.3 Å². The Kier molecular flexibility index (Phi) is 10.7. The molecule has 1 fully saturated rings. The summed E-state index contributed by atoms with van der Waals surface area (Å²) in [6.07, 6.45) is 22.9. The molecule has 232 valence electrons. The van der Waals surface area contributed by atoms with Gasteiger partial charge < -0.3 is 9.97 Å². The molecule has 0 atom stereocenters. The van der Waals surface area contributed by atoms with Crippen molar-refractivity contribution in [1.29, 1.82) is 0 Å². The molecule has 0 radical (unpaired) electrons. The van der Waals surface area contributed by atoms with E-state index in [1.165, 1.54) is 107 Å². The summed E-state index contributed by atoms with van der Waals surface area (Å²) in [7, 11) is 0. The topological polar surface area (TPSA) is 57.4 Å². The van der Waals surface area contributed by atoms with Gasteiger partial charge in [-0.05, 0) is 87.1 Å². The number of aromatic amines is 2. The standard InChI is InChI=1S/C38H48N4S2/c1-4-7-10-13-26-29-16-18-31(39-29)27(14-11-8-5-2)33-20-22-35(41-33)37(38-43-24-25-44-38)36-23-21-34(42-36)28(15-12-9-6-3)32-19-17-30(26)40-32/h16-23,38,41-42H,4-15,24-25H2,1-3H3. The first kappa shape index (κ1) is 31.3. The summed E-state index contributed by atoms with van der Waals surface area (Å²) in [5, 5.41) is 0. The molecule has 3 aliphatic heterocycles. The highest BCUT2D eigenvalue weighted by molar-refractivity contribution is 8.19. The number of aryl methyl sites for hydroxylation is 2. The Balaban J connectivity index is 1.66. The third-order valence-electron chi connectivity index (χ3n) is 9.07. The number of nitrogens with one attached hydrogen (secondary N) is 2. The lowest BCUT2D eigenvalue weighted by atomic mass is 10.0. The molecule has 6 heteroatoms. The van der Waals surface area contributed by atoms with Crippen molar-refractivity contribution in [2.45, 2.75) is 102 Å². The van der Waals surface area contributed by atoms with Gasteiger partial charge >= 0.3 is 0 Å². The molecule has 0 saturated carbocycles. The monoisotopic (exact) mass is 624 g/mol. The van der Waals surface area contributed by atoms with Crippen LogP contribution in [0.3, 0.4) is 0 Å². The normalized spacial score (nSPS) is 14.7. The van der Waals surface area contributed by atoms with Gasteiger partial charge in [0.2, 0.25) is 0 Å². The first-order valence-electron chi connectivity index (χ1n) is 17.1. The molecule has 0 unspecified atom stereocenters. The summed E-state index contributed by atoms with van der Waals surface area (Å²) < 4.78 is 0.409. The zero-order chi connectivity index (χ0) is 30.3. The lowest BCUT2D eigenvalue weighted by molar-refractivity contribution is 0.712. The van der Waals surface area contributed by atoms with E-state index in [0.717, 1.165) is 48.5 Å². The number of aromatic nitrogens is 4. The number of rotatable bonds is 13. The maximum absolute atomic E-state index is 5.35. The molecule has 2 N–H and O–H groups in total. The molecule has 0 amide bonds. The molecule has 4 nitrogen and oxygen atoms in total. The smallest absolute Gasteiger partial charge is 0.0792 e. The van der Waals surface area contributed by atoms with Gasteiger partial charge in [0, 0.05) is 55.8 Å². The van der Waals surface area contributed by atoms with E-state index in [4.69, 9.17) is 9.97 Å². The first-order chi connectivity index (χ1) is 21.7. The highest BCUT2D eigenvalue weighted by atomic mass is 32.2. The van der Waals surface area contributed by atoms with Crippen LogP contribution in [0.4, 0.5) is 0 Å². The van der Waals surface area contributed by atoms with Gasteiger partial charge in [-0.25, -0.2) is 9.97 Å². The zero-order valence-electron chi connectivity index (χ0n) is 26.8. The average molecular weight is 625 g/mol. The van der Waals surface area contributed by atoms with Crippen LogP contribution in [0.25, 0.3) is 46.4 Å². The van der Waals surface area contributed by atoms with Crippen LogP contribution in [0, 0.1) is 0 Å². The van der Waals surface area contributed by atoms with E-state index in [0.29, 0.717) is 4.58 Å². The van der Waals surface area contributed by atoms with Gasteiger partial charge in [0.05, 0.1) is 27.4 Å². The van der Waals surface area contributed by atoms with Gasteiger partial charge in [0.1, 0.15) is 0 Å². The van der Waals surface area contributed by atoms with Gasteiger partial charge in [-0.2, -0.15) is 0 Å². The summed E-state index contributed by atoms with van der Waals surface area (Å²) >= 11 is 4.13. The number of unbranched alkanes of at least 4 members (excludes halogenated alkanes) is 6. The molecule has 0 aliphatic carbocycles. The molecule has 8 bridgehead atoms. The summed E-state index contributed by atoms with van der Waals surface area (Å²) in [5.74, 6) is 2.39. The van der Waals surface area contributed by atoms with Crippen LogP contribution >= 0.6 is 23.5 Å². The fourth-order valence-electron chi connectivity index (χ4n) is 6.62. The summed E-state index contributed by atoms with van der Waals surface area (Å²) in [6.45, 7) is 6.84. The number of nitrogens with zero attached hydrogens (tertiary/aromatic N) is 2. The van der Waals surface area contributed by atoms with Crippen LogP contribution in [0.1, 0.15) is 128 Å². The van der Waals surface area contributed by atoms with Crippen LogP contribution in [-0.4, -0.2) is 31.4 Å². The van der Waals surface area contributed by atoms with Crippen LogP contribution < -0.4 is 0 Å². The van der Waals surface area contributed by atoms with Crippen LogP contribution in [0.2, 0.25) is 0 Å². The Hall–Kier alpha value is -2.70.